The van der Waals surface area contributed by atoms with Crippen molar-refractivity contribution >= 4 is 30.2 Å². The molecule has 0 aliphatic carbocycles. The third kappa shape index (κ3) is 6.42. The average Bonchev–Trinajstić information content (AvgIpc) is 2.80. The van der Waals surface area contributed by atoms with Crippen LogP contribution >= 0.6 is 0 Å². The van der Waals surface area contributed by atoms with Gasteiger partial charge in [0.15, 0.2) is 0 Å². The molecule has 0 bridgehead atoms. The fourth-order valence-corrected chi connectivity index (χ4v) is 2.58. The lowest BCUT2D eigenvalue weighted by atomic mass is 10.1. The number of nitrogens with one attached hydrogen (secondary N) is 2. The number of benzene rings is 3. The predicted molar refractivity (Wildman–Crippen MR) is 120 cm³/mol. The number of carbonyl (C=O) groups excluding carboxylic acids is 2. The molecule has 3 rings (SSSR count). The lowest BCUT2D eigenvalue weighted by molar-refractivity contribution is -0.117. The minimum absolute atomic E-state index is 0.0965. The fraction of sp³-hybridized carbons (Fsp3) is 0. The number of rotatable bonds is 7. The molecule has 5 nitrogen and oxygen atoms in total. The molecule has 0 unspecified atom stereocenters. The zero-order valence-electron chi connectivity index (χ0n) is 16.2. The van der Waals surface area contributed by atoms with Gasteiger partial charge in [-0.3, -0.25) is 9.59 Å². The van der Waals surface area contributed by atoms with E-state index in [4.69, 9.17) is 0 Å². The summed E-state index contributed by atoms with van der Waals surface area (Å²) in [7, 11) is 0. The van der Waals surface area contributed by atoms with Crippen LogP contribution in [0.25, 0.3) is 12.2 Å². The molecule has 0 aromatic heterocycles. The van der Waals surface area contributed by atoms with E-state index in [-0.39, 0.29) is 11.6 Å². The molecule has 0 aliphatic heterocycles. The fourth-order valence-electron chi connectivity index (χ4n) is 2.58. The highest BCUT2D eigenvalue weighted by molar-refractivity contribution is 6.05. The average molecular weight is 395 g/mol. The molecule has 0 fully saturated rings. The Morgan fingerprint density at radius 3 is 1.93 bits per heavy atom. The normalized spacial score (nSPS) is 11.5. The van der Waals surface area contributed by atoms with Crippen molar-refractivity contribution in [2.24, 2.45) is 5.10 Å². The number of allylic oxidation sites excluding steroid dienone is 1. The van der Waals surface area contributed by atoms with Crippen LogP contribution in [-0.4, -0.2) is 18.0 Å². The summed E-state index contributed by atoms with van der Waals surface area (Å²) in [6, 6.07) is 27.7. The first-order valence-corrected chi connectivity index (χ1v) is 9.40. The summed E-state index contributed by atoms with van der Waals surface area (Å²) in [6.07, 6.45) is 6.67. The minimum atomic E-state index is -0.521. The van der Waals surface area contributed by atoms with Crippen molar-refractivity contribution in [1.82, 2.24) is 10.7 Å². The highest BCUT2D eigenvalue weighted by atomic mass is 16.2. The molecule has 0 saturated heterocycles. The van der Waals surface area contributed by atoms with Crippen LogP contribution in [0.1, 0.15) is 21.5 Å². The van der Waals surface area contributed by atoms with Gasteiger partial charge in [0, 0.05) is 11.8 Å². The summed E-state index contributed by atoms with van der Waals surface area (Å²) >= 11 is 0. The van der Waals surface area contributed by atoms with Crippen molar-refractivity contribution in [3.63, 3.8) is 0 Å². The largest absolute Gasteiger partial charge is 0.317 e. The highest BCUT2D eigenvalue weighted by Crippen LogP contribution is 2.07. The van der Waals surface area contributed by atoms with Gasteiger partial charge in [0.05, 0.1) is 0 Å². The van der Waals surface area contributed by atoms with E-state index in [2.05, 4.69) is 15.8 Å². The van der Waals surface area contributed by atoms with Crippen molar-refractivity contribution in [2.45, 2.75) is 0 Å². The third-order valence-electron chi connectivity index (χ3n) is 4.05. The molecular weight excluding hydrogens is 374 g/mol. The van der Waals surface area contributed by atoms with Gasteiger partial charge in [-0.15, -0.1) is 0 Å². The maximum Gasteiger partial charge on any atom is 0.287 e. The van der Waals surface area contributed by atoms with Crippen LogP contribution in [-0.2, 0) is 4.79 Å². The van der Waals surface area contributed by atoms with Crippen LogP contribution in [0.5, 0.6) is 0 Å². The van der Waals surface area contributed by atoms with E-state index in [1.165, 1.54) is 6.21 Å². The number of nitrogens with zero attached hydrogens (tertiary/aromatic N) is 1. The lowest BCUT2D eigenvalue weighted by Crippen LogP contribution is -2.32. The standard InChI is InChI=1S/C25H21N3O2/c29-24(22-16-8-3-9-17-22)27-23(19-21-13-6-2-7-14-21)25(30)28-26-18-10-15-20-11-4-1-5-12-20/h1-19H,(H,27,29)(H,28,30)/b15-10-,23-19-,26-18?. The van der Waals surface area contributed by atoms with E-state index in [1.807, 2.05) is 72.8 Å². The highest BCUT2D eigenvalue weighted by Gasteiger charge is 2.14. The third-order valence-corrected chi connectivity index (χ3v) is 4.05. The van der Waals surface area contributed by atoms with Crippen LogP contribution in [0.3, 0.4) is 0 Å². The van der Waals surface area contributed by atoms with Gasteiger partial charge in [0.25, 0.3) is 11.8 Å². The van der Waals surface area contributed by atoms with E-state index in [0.29, 0.717) is 5.56 Å². The first-order chi connectivity index (χ1) is 14.7. The Bertz CT molecular complexity index is 1060. The van der Waals surface area contributed by atoms with Gasteiger partial charge >= 0.3 is 0 Å². The first kappa shape index (κ1) is 20.5. The Morgan fingerprint density at radius 1 is 0.733 bits per heavy atom. The van der Waals surface area contributed by atoms with Crippen LogP contribution < -0.4 is 10.7 Å². The van der Waals surface area contributed by atoms with Gasteiger partial charge in [-0.05, 0) is 35.4 Å². The van der Waals surface area contributed by atoms with Gasteiger partial charge in [-0.2, -0.15) is 5.10 Å². The van der Waals surface area contributed by atoms with Crippen molar-refractivity contribution in [3.05, 3.63) is 119 Å². The molecule has 0 saturated carbocycles. The number of hydrogen-bond acceptors (Lipinski definition) is 3. The zero-order chi connectivity index (χ0) is 21.0. The molecule has 5 heteroatoms. The first-order valence-electron chi connectivity index (χ1n) is 9.40. The Balaban J connectivity index is 1.70. The van der Waals surface area contributed by atoms with Crippen LogP contribution in [0, 0.1) is 0 Å². The Hall–Kier alpha value is -4.25. The lowest BCUT2D eigenvalue weighted by Gasteiger charge is -2.09. The number of hydrogen-bond donors (Lipinski definition) is 2. The number of carbonyl (C=O) groups is 2. The second-order valence-corrected chi connectivity index (χ2v) is 6.28. The SMILES string of the molecule is O=C(NN=C/C=C\c1ccccc1)/C(=C/c1ccccc1)NC(=O)c1ccccc1. The van der Waals surface area contributed by atoms with Crippen molar-refractivity contribution in [3.8, 4) is 0 Å². The topological polar surface area (TPSA) is 70.6 Å². The number of amides is 2. The van der Waals surface area contributed by atoms with Gasteiger partial charge in [0.1, 0.15) is 5.70 Å². The van der Waals surface area contributed by atoms with Gasteiger partial charge in [0.2, 0.25) is 0 Å². The maximum absolute atomic E-state index is 12.6. The summed E-state index contributed by atoms with van der Waals surface area (Å²) < 4.78 is 0. The predicted octanol–water partition coefficient (Wildman–Crippen LogP) is 4.27. The minimum Gasteiger partial charge on any atom is -0.317 e. The van der Waals surface area contributed by atoms with E-state index in [0.717, 1.165) is 11.1 Å². The molecule has 3 aromatic carbocycles. The van der Waals surface area contributed by atoms with Gasteiger partial charge in [-0.25, -0.2) is 5.43 Å². The molecule has 2 amide bonds. The van der Waals surface area contributed by atoms with E-state index < -0.39 is 5.91 Å². The second kappa shape index (κ2) is 10.9. The quantitative estimate of drug-likeness (QED) is 0.356. The smallest absolute Gasteiger partial charge is 0.287 e. The maximum atomic E-state index is 12.6. The molecule has 0 aliphatic rings. The summed E-state index contributed by atoms with van der Waals surface area (Å²) in [5.41, 5.74) is 4.80. The molecule has 0 heterocycles. The van der Waals surface area contributed by atoms with E-state index >= 15 is 0 Å². The van der Waals surface area contributed by atoms with Gasteiger partial charge in [-0.1, -0.05) is 84.9 Å². The molecular formula is C25H21N3O2. The molecule has 2 N–H and O–H groups in total. The number of hydrazone groups is 1. The van der Waals surface area contributed by atoms with Crippen LogP contribution in [0.2, 0.25) is 0 Å². The van der Waals surface area contributed by atoms with Crippen molar-refractivity contribution in [2.75, 3.05) is 0 Å². The molecule has 0 spiro atoms. The molecule has 30 heavy (non-hydrogen) atoms. The van der Waals surface area contributed by atoms with E-state index in [1.54, 1.807) is 36.4 Å². The van der Waals surface area contributed by atoms with Gasteiger partial charge < -0.3 is 5.32 Å². The van der Waals surface area contributed by atoms with E-state index in [9.17, 15) is 9.59 Å². The molecule has 148 valence electrons. The summed E-state index contributed by atoms with van der Waals surface area (Å²) in [5.74, 6) is -0.895. The second-order valence-electron chi connectivity index (χ2n) is 6.28. The molecule has 0 radical (unpaired) electrons. The Kier molecular flexibility index (Phi) is 7.46. The Labute approximate surface area is 175 Å². The molecule has 0 atom stereocenters. The van der Waals surface area contributed by atoms with Crippen LogP contribution in [0.4, 0.5) is 0 Å². The summed E-state index contributed by atoms with van der Waals surface area (Å²) in [6.45, 7) is 0. The van der Waals surface area contributed by atoms with Crippen molar-refractivity contribution in [1.29, 1.82) is 0 Å². The molecule has 3 aromatic rings. The monoisotopic (exact) mass is 395 g/mol. The van der Waals surface area contributed by atoms with Crippen molar-refractivity contribution < 1.29 is 9.59 Å². The summed E-state index contributed by atoms with van der Waals surface area (Å²) in [4.78, 5) is 25.1. The zero-order valence-corrected chi connectivity index (χ0v) is 16.2. The summed E-state index contributed by atoms with van der Waals surface area (Å²) in [5, 5.41) is 6.59. The van der Waals surface area contributed by atoms with Crippen LogP contribution in [0.15, 0.2) is 108 Å². The Morgan fingerprint density at radius 2 is 1.30 bits per heavy atom.